The van der Waals surface area contributed by atoms with Crippen LogP contribution in [0, 0.1) is 0 Å². The maximum absolute atomic E-state index is 13.0. The van der Waals surface area contributed by atoms with E-state index in [0.717, 1.165) is 5.06 Å². The summed E-state index contributed by atoms with van der Waals surface area (Å²) in [4.78, 5) is 16.4. The molecule has 24 heavy (non-hydrogen) atoms. The summed E-state index contributed by atoms with van der Waals surface area (Å²) >= 11 is 0. The second-order valence-corrected chi connectivity index (χ2v) is 6.48. The molecule has 0 aliphatic carbocycles. The van der Waals surface area contributed by atoms with Crippen LogP contribution in [-0.2, 0) is 14.1 Å². The van der Waals surface area contributed by atoms with Crippen molar-refractivity contribution in [3.05, 3.63) is 60.7 Å². The van der Waals surface area contributed by atoms with Gasteiger partial charge in [0.15, 0.2) is 0 Å². The van der Waals surface area contributed by atoms with Crippen LogP contribution in [0.3, 0.4) is 0 Å². The van der Waals surface area contributed by atoms with E-state index in [-0.39, 0.29) is 0 Å². The highest BCUT2D eigenvalue weighted by molar-refractivity contribution is 7.54. The zero-order chi connectivity index (χ0) is 17.4. The van der Waals surface area contributed by atoms with Gasteiger partial charge in [0.2, 0.25) is 6.35 Å². The van der Waals surface area contributed by atoms with Crippen molar-refractivity contribution in [1.29, 1.82) is 0 Å². The van der Waals surface area contributed by atoms with Gasteiger partial charge in [0.05, 0.1) is 7.11 Å². The highest BCUT2D eigenvalue weighted by Crippen LogP contribution is 2.48. The summed E-state index contributed by atoms with van der Waals surface area (Å²) in [5, 5.41) is 0.857. The Balaban J connectivity index is 2.14. The molecule has 7 nitrogen and oxygen atoms in total. The number of nitrogens with zero attached hydrogens (tertiary/aromatic N) is 1. The van der Waals surface area contributed by atoms with Crippen molar-refractivity contribution in [2.24, 2.45) is 0 Å². The number of carbonyl (C=O) groups excluding carboxylic acids is 1. The molecular formula is C16H18NO6P. The number of hydrogen-bond acceptors (Lipinski definition) is 6. The van der Waals surface area contributed by atoms with Crippen LogP contribution < -0.4 is 9.05 Å². The minimum Gasteiger partial charge on any atom is -0.432 e. The maximum Gasteiger partial charge on any atom is 0.468 e. The summed E-state index contributed by atoms with van der Waals surface area (Å²) in [6.45, 7) is 0. The lowest BCUT2D eigenvalue weighted by Gasteiger charge is -2.21. The fraction of sp³-hybridized carbons (Fsp3) is 0.188. The first-order chi connectivity index (χ1) is 11.5. The first-order valence-electron chi connectivity index (χ1n) is 7.05. The number of hydroxylamine groups is 2. The van der Waals surface area contributed by atoms with E-state index in [4.69, 9.17) is 18.6 Å². The average Bonchev–Trinajstić information content (AvgIpc) is 2.60. The van der Waals surface area contributed by atoms with Crippen molar-refractivity contribution < 1.29 is 28.0 Å². The Morgan fingerprint density at radius 2 is 1.42 bits per heavy atom. The summed E-state index contributed by atoms with van der Waals surface area (Å²) in [5.74, 6) is 0.681. The second kappa shape index (κ2) is 8.38. The first-order valence-corrected chi connectivity index (χ1v) is 8.78. The lowest BCUT2D eigenvalue weighted by Crippen LogP contribution is -2.27. The molecule has 0 heterocycles. The summed E-state index contributed by atoms with van der Waals surface area (Å²) < 4.78 is 28.9. The van der Waals surface area contributed by atoms with Gasteiger partial charge >= 0.3 is 13.7 Å². The molecule has 0 unspecified atom stereocenters. The molecule has 0 radical (unpaired) electrons. The van der Waals surface area contributed by atoms with E-state index < -0.39 is 20.0 Å². The van der Waals surface area contributed by atoms with Gasteiger partial charge < -0.3 is 13.8 Å². The van der Waals surface area contributed by atoms with Crippen molar-refractivity contribution in [2.45, 2.75) is 0 Å². The van der Waals surface area contributed by atoms with Crippen LogP contribution in [0.1, 0.15) is 0 Å². The van der Waals surface area contributed by atoms with Gasteiger partial charge in [-0.3, -0.25) is 4.84 Å². The maximum atomic E-state index is 13.0. The quantitative estimate of drug-likeness (QED) is 0.556. The minimum atomic E-state index is -3.79. The Morgan fingerprint density at radius 3 is 1.83 bits per heavy atom. The molecular weight excluding hydrogens is 333 g/mol. The molecule has 128 valence electrons. The Kier molecular flexibility index (Phi) is 6.23. The predicted octanol–water partition coefficient (Wildman–Crippen LogP) is 3.92. The van der Waals surface area contributed by atoms with Gasteiger partial charge in [-0.05, 0) is 24.3 Å². The van der Waals surface area contributed by atoms with Crippen molar-refractivity contribution in [1.82, 2.24) is 5.06 Å². The summed E-state index contributed by atoms with van der Waals surface area (Å²) in [5.41, 5.74) is 0. The molecule has 0 aliphatic rings. The topological polar surface area (TPSA) is 74.3 Å². The van der Waals surface area contributed by atoms with E-state index >= 15 is 0 Å². The highest BCUT2D eigenvalue weighted by Gasteiger charge is 2.31. The van der Waals surface area contributed by atoms with Crippen LogP contribution in [0.4, 0.5) is 4.79 Å². The van der Waals surface area contributed by atoms with E-state index in [1.807, 2.05) is 0 Å². The van der Waals surface area contributed by atoms with Crippen LogP contribution in [0.5, 0.6) is 11.5 Å². The predicted molar refractivity (Wildman–Crippen MR) is 87.9 cm³/mol. The number of para-hydroxylation sites is 2. The van der Waals surface area contributed by atoms with Crippen molar-refractivity contribution in [3.63, 3.8) is 0 Å². The Labute approximate surface area is 140 Å². The normalized spacial score (nSPS) is 10.8. The third kappa shape index (κ3) is 5.30. The monoisotopic (exact) mass is 351 g/mol. The van der Waals surface area contributed by atoms with Gasteiger partial charge in [0.1, 0.15) is 11.5 Å². The molecule has 0 spiro atoms. The molecule has 0 atom stereocenters. The Hall–Kier alpha value is -2.50. The summed E-state index contributed by atoms with van der Waals surface area (Å²) in [6, 6.07) is 17.0. The van der Waals surface area contributed by atoms with Gasteiger partial charge in [-0.1, -0.05) is 36.4 Å². The smallest absolute Gasteiger partial charge is 0.432 e. The number of rotatable bonds is 7. The molecule has 1 amide bonds. The lowest BCUT2D eigenvalue weighted by molar-refractivity contribution is -0.0881. The molecule has 0 bridgehead atoms. The molecule has 0 aromatic heterocycles. The van der Waals surface area contributed by atoms with Crippen LogP contribution in [-0.4, -0.2) is 31.7 Å². The molecule has 0 N–H and O–H groups in total. The van der Waals surface area contributed by atoms with E-state index in [9.17, 15) is 9.36 Å². The number of ether oxygens (including phenoxy) is 1. The molecule has 0 fully saturated rings. The number of carbonyl (C=O) groups is 1. The zero-order valence-corrected chi connectivity index (χ0v) is 14.2. The third-order valence-electron chi connectivity index (χ3n) is 2.85. The SMILES string of the molecule is CON(C)C(=O)OCP(=O)(Oc1ccccc1)Oc1ccccc1. The average molecular weight is 351 g/mol. The first kappa shape index (κ1) is 17.8. The van der Waals surface area contributed by atoms with E-state index in [1.165, 1.54) is 14.2 Å². The van der Waals surface area contributed by atoms with Crippen LogP contribution in [0.15, 0.2) is 60.7 Å². The van der Waals surface area contributed by atoms with Gasteiger partial charge in [0, 0.05) is 7.05 Å². The fourth-order valence-corrected chi connectivity index (χ4v) is 2.95. The van der Waals surface area contributed by atoms with Gasteiger partial charge in [0.25, 0.3) is 0 Å². The molecule has 0 saturated carbocycles. The lowest BCUT2D eigenvalue weighted by atomic mass is 10.3. The van der Waals surface area contributed by atoms with Crippen LogP contribution in [0.25, 0.3) is 0 Å². The zero-order valence-electron chi connectivity index (χ0n) is 13.3. The largest absolute Gasteiger partial charge is 0.468 e. The van der Waals surface area contributed by atoms with Crippen molar-refractivity contribution in [3.8, 4) is 11.5 Å². The molecule has 2 aromatic carbocycles. The van der Waals surface area contributed by atoms with Crippen molar-refractivity contribution in [2.75, 3.05) is 20.5 Å². The summed E-state index contributed by atoms with van der Waals surface area (Å²) in [7, 11) is -1.12. The van der Waals surface area contributed by atoms with Gasteiger partial charge in [-0.15, -0.1) is 0 Å². The number of amides is 1. The van der Waals surface area contributed by atoms with E-state index in [2.05, 4.69) is 0 Å². The number of hydrogen-bond donors (Lipinski definition) is 0. The Morgan fingerprint density at radius 1 is 0.958 bits per heavy atom. The van der Waals surface area contributed by atoms with E-state index in [0.29, 0.717) is 11.5 Å². The van der Waals surface area contributed by atoms with Crippen molar-refractivity contribution >= 4 is 13.7 Å². The van der Waals surface area contributed by atoms with Crippen LogP contribution >= 0.6 is 7.60 Å². The number of benzene rings is 2. The molecule has 0 aliphatic heterocycles. The minimum absolute atomic E-state index is 0.341. The Bertz CT molecular complexity index is 649. The molecule has 2 aromatic rings. The summed E-state index contributed by atoms with van der Waals surface area (Å²) in [6.07, 6.45) is -1.38. The fourth-order valence-electron chi connectivity index (χ4n) is 1.65. The second-order valence-electron chi connectivity index (χ2n) is 4.64. The van der Waals surface area contributed by atoms with Crippen LogP contribution in [0.2, 0.25) is 0 Å². The van der Waals surface area contributed by atoms with Gasteiger partial charge in [-0.25, -0.2) is 9.36 Å². The standard InChI is InChI=1S/C16H18NO6P/c1-17(20-2)16(18)21-13-24(19,22-14-9-5-3-6-10-14)23-15-11-7-4-8-12-15/h3-12H,13H2,1-2H3. The third-order valence-corrected chi connectivity index (χ3v) is 4.28. The highest BCUT2D eigenvalue weighted by atomic mass is 31.2. The van der Waals surface area contributed by atoms with Gasteiger partial charge in [-0.2, -0.15) is 5.06 Å². The molecule has 0 saturated heterocycles. The molecule has 2 rings (SSSR count). The van der Waals surface area contributed by atoms with E-state index in [1.54, 1.807) is 60.7 Å². The molecule has 8 heteroatoms.